The van der Waals surface area contributed by atoms with Crippen molar-refractivity contribution in [3.8, 4) is 5.75 Å². The van der Waals surface area contributed by atoms with E-state index >= 15 is 0 Å². The maximum Gasteiger partial charge on any atom is 0.246 e. The largest absolute Gasteiger partial charge is 0.486 e. The normalized spacial score (nSPS) is 15.2. The highest BCUT2D eigenvalue weighted by atomic mass is 35.5. The number of imidazole rings is 1. The number of nitrogens with two attached hydrogens (primary N) is 1. The number of hydrogen-bond acceptors (Lipinski definition) is 6. The van der Waals surface area contributed by atoms with E-state index < -0.39 is 5.54 Å². The lowest BCUT2D eigenvalue weighted by molar-refractivity contribution is 0.288. The minimum atomic E-state index is -0.460. The number of nitrogens with zero attached hydrogens (tertiary/aromatic N) is 4. The molecule has 2 aromatic heterocycles. The molecule has 0 aliphatic heterocycles. The van der Waals surface area contributed by atoms with Gasteiger partial charge in [0.15, 0.2) is 5.82 Å². The molecule has 2 aromatic carbocycles. The summed E-state index contributed by atoms with van der Waals surface area (Å²) in [6.07, 6.45) is 4.01. The molecule has 5 rings (SSSR count). The molecule has 0 radical (unpaired) electrons. The van der Waals surface area contributed by atoms with E-state index in [1.165, 1.54) is 0 Å². The Labute approximate surface area is 180 Å². The molecule has 0 amide bonds. The molecule has 0 saturated heterocycles. The lowest BCUT2D eigenvalue weighted by Gasteiger charge is -2.17. The molecule has 0 atom stereocenters. The maximum atomic E-state index is 6.48. The number of benzene rings is 2. The number of fused-ring (bicyclic) bond motifs is 1. The monoisotopic (exact) mass is 425 g/mol. The van der Waals surface area contributed by atoms with Crippen LogP contribution in [0.3, 0.4) is 0 Å². The summed E-state index contributed by atoms with van der Waals surface area (Å²) >= 11 is 0. The molecule has 8 heteroatoms. The smallest absolute Gasteiger partial charge is 0.246 e. The highest BCUT2D eigenvalue weighted by molar-refractivity contribution is 5.85. The van der Waals surface area contributed by atoms with Gasteiger partial charge < -0.3 is 19.6 Å². The van der Waals surface area contributed by atoms with Crippen LogP contribution in [-0.4, -0.2) is 19.7 Å². The van der Waals surface area contributed by atoms with Crippen LogP contribution >= 0.6 is 12.4 Å². The fraction of sp³-hybridized carbons (Fsp3) is 0.318. The minimum absolute atomic E-state index is 0. The molecule has 30 heavy (non-hydrogen) atoms. The molecule has 2 heterocycles. The van der Waals surface area contributed by atoms with E-state index in [1.54, 1.807) is 0 Å². The van der Waals surface area contributed by atoms with Crippen molar-refractivity contribution < 1.29 is 9.26 Å². The van der Waals surface area contributed by atoms with E-state index in [1.807, 2.05) is 54.6 Å². The Morgan fingerprint density at radius 2 is 1.73 bits per heavy atom. The molecule has 1 aliphatic rings. The van der Waals surface area contributed by atoms with Crippen molar-refractivity contribution >= 4 is 23.4 Å². The second-order valence-electron chi connectivity index (χ2n) is 7.58. The Morgan fingerprint density at radius 3 is 2.53 bits per heavy atom. The predicted octanol–water partition coefficient (Wildman–Crippen LogP) is 4.20. The van der Waals surface area contributed by atoms with Gasteiger partial charge in [0.2, 0.25) is 5.89 Å². The van der Waals surface area contributed by atoms with Gasteiger partial charge in [-0.1, -0.05) is 48.3 Å². The van der Waals surface area contributed by atoms with Gasteiger partial charge >= 0.3 is 0 Å². The molecule has 1 aliphatic carbocycles. The van der Waals surface area contributed by atoms with Gasteiger partial charge in [0, 0.05) is 0 Å². The third-order valence-electron chi connectivity index (χ3n) is 5.55. The van der Waals surface area contributed by atoms with Crippen molar-refractivity contribution in [1.29, 1.82) is 0 Å². The molecule has 0 unspecified atom stereocenters. The molecule has 1 saturated carbocycles. The summed E-state index contributed by atoms with van der Waals surface area (Å²) < 4.78 is 13.5. The molecular formula is C22H24ClN5O2. The maximum absolute atomic E-state index is 6.48. The van der Waals surface area contributed by atoms with Crippen molar-refractivity contribution in [1.82, 2.24) is 19.7 Å². The molecular weight excluding hydrogens is 402 g/mol. The topological polar surface area (TPSA) is 92.0 Å². The molecule has 4 aromatic rings. The van der Waals surface area contributed by atoms with Gasteiger partial charge in [0.1, 0.15) is 24.7 Å². The van der Waals surface area contributed by atoms with Gasteiger partial charge in [0.25, 0.3) is 0 Å². The van der Waals surface area contributed by atoms with E-state index in [0.717, 1.165) is 48.3 Å². The summed E-state index contributed by atoms with van der Waals surface area (Å²) in [4.78, 5) is 9.36. The van der Waals surface area contributed by atoms with Gasteiger partial charge in [-0.05, 0) is 37.1 Å². The van der Waals surface area contributed by atoms with Crippen LogP contribution in [-0.2, 0) is 18.7 Å². The van der Waals surface area contributed by atoms with Crippen LogP contribution in [0.4, 0.5) is 0 Å². The second-order valence-corrected chi connectivity index (χ2v) is 7.58. The van der Waals surface area contributed by atoms with Crippen LogP contribution in [0.2, 0.25) is 0 Å². The van der Waals surface area contributed by atoms with E-state index in [-0.39, 0.29) is 12.4 Å². The van der Waals surface area contributed by atoms with Gasteiger partial charge in [-0.25, -0.2) is 4.98 Å². The van der Waals surface area contributed by atoms with Crippen molar-refractivity contribution in [2.75, 3.05) is 0 Å². The highest BCUT2D eigenvalue weighted by Crippen LogP contribution is 2.34. The summed E-state index contributed by atoms with van der Waals surface area (Å²) in [5.41, 5.74) is 7.92. The van der Waals surface area contributed by atoms with Crippen LogP contribution < -0.4 is 10.5 Å². The van der Waals surface area contributed by atoms with Gasteiger partial charge in [-0.15, -0.1) is 12.4 Å². The van der Waals surface area contributed by atoms with Crippen molar-refractivity contribution in [3.63, 3.8) is 0 Å². The average Bonchev–Trinajstić information content (AvgIpc) is 3.48. The van der Waals surface area contributed by atoms with Crippen LogP contribution in [0, 0.1) is 0 Å². The van der Waals surface area contributed by atoms with Crippen LogP contribution in [0.5, 0.6) is 5.75 Å². The summed E-state index contributed by atoms with van der Waals surface area (Å²) in [6, 6.07) is 17.7. The molecule has 0 spiro atoms. The highest BCUT2D eigenvalue weighted by Gasteiger charge is 2.36. The minimum Gasteiger partial charge on any atom is -0.486 e. The number of aromatic nitrogens is 4. The molecule has 7 nitrogen and oxygen atoms in total. The Kier molecular flexibility index (Phi) is 5.74. The lowest BCUT2D eigenvalue weighted by Crippen LogP contribution is -2.34. The second kappa shape index (κ2) is 8.45. The van der Waals surface area contributed by atoms with Crippen molar-refractivity contribution in [3.05, 3.63) is 72.1 Å². The third kappa shape index (κ3) is 3.91. The van der Waals surface area contributed by atoms with Crippen LogP contribution in [0.15, 0.2) is 59.1 Å². The Balaban J connectivity index is 0.00000218. The molecule has 0 bridgehead atoms. The SMILES string of the molecule is Cl.NC1(c2noc(Cn3c(COc4ccccc4)nc4ccccc43)n2)CCCC1. The van der Waals surface area contributed by atoms with E-state index in [4.69, 9.17) is 20.0 Å². The molecule has 156 valence electrons. The first-order valence-electron chi connectivity index (χ1n) is 9.95. The number of ether oxygens (including phenoxy) is 1. The molecule has 2 N–H and O–H groups in total. The number of para-hydroxylation sites is 3. The predicted molar refractivity (Wildman–Crippen MR) is 115 cm³/mol. The quantitative estimate of drug-likeness (QED) is 0.497. The first-order chi connectivity index (χ1) is 14.2. The summed E-state index contributed by atoms with van der Waals surface area (Å²) in [5.74, 6) is 2.74. The fourth-order valence-corrected chi connectivity index (χ4v) is 3.96. The van der Waals surface area contributed by atoms with E-state index in [0.29, 0.717) is 24.9 Å². The van der Waals surface area contributed by atoms with Crippen LogP contribution in [0.1, 0.15) is 43.2 Å². The van der Waals surface area contributed by atoms with Crippen LogP contribution in [0.25, 0.3) is 11.0 Å². The summed E-state index contributed by atoms with van der Waals surface area (Å²) in [6.45, 7) is 0.775. The molecule has 1 fully saturated rings. The standard InChI is InChI=1S/C22H23N5O2.ClH/c23-22(12-6-7-13-22)21-25-20(29-26-21)14-27-18-11-5-4-10-17(18)24-19(27)15-28-16-8-2-1-3-9-16;/h1-5,8-11H,6-7,12-15,23H2;1H. The Hall–Kier alpha value is -2.90. The lowest BCUT2D eigenvalue weighted by atomic mass is 9.99. The van der Waals surface area contributed by atoms with Crippen molar-refractivity contribution in [2.45, 2.75) is 44.4 Å². The van der Waals surface area contributed by atoms with Crippen molar-refractivity contribution in [2.24, 2.45) is 5.73 Å². The Bertz CT molecular complexity index is 1120. The first kappa shape index (κ1) is 20.4. The number of hydrogen-bond donors (Lipinski definition) is 1. The number of rotatable bonds is 6. The zero-order chi connectivity index (χ0) is 19.7. The fourth-order valence-electron chi connectivity index (χ4n) is 3.96. The summed E-state index contributed by atoms with van der Waals surface area (Å²) in [5, 5.41) is 4.18. The number of halogens is 1. The first-order valence-corrected chi connectivity index (χ1v) is 9.95. The zero-order valence-electron chi connectivity index (χ0n) is 16.5. The van der Waals surface area contributed by atoms with Gasteiger partial charge in [-0.2, -0.15) is 4.98 Å². The van der Waals surface area contributed by atoms with Gasteiger partial charge in [0.05, 0.1) is 16.6 Å². The zero-order valence-corrected chi connectivity index (χ0v) is 17.3. The van der Waals surface area contributed by atoms with Gasteiger partial charge in [-0.3, -0.25) is 0 Å². The Morgan fingerprint density at radius 1 is 1.00 bits per heavy atom. The van der Waals surface area contributed by atoms with E-state index in [2.05, 4.69) is 14.7 Å². The van der Waals surface area contributed by atoms with E-state index in [9.17, 15) is 0 Å². The summed E-state index contributed by atoms with van der Waals surface area (Å²) in [7, 11) is 0. The average molecular weight is 426 g/mol. The third-order valence-corrected chi connectivity index (χ3v) is 5.55.